The van der Waals surface area contributed by atoms with Gasteiger partial charge in [0, 0.05) is 18.8 Å². The van der Waals surface area contributed by atoms with Crippen LogP contribution < -0.4 is 5.56 Å². The molecule has 0 aliphatic heterocycles. The van der Waals surface area contributed by atoms with Gasteiger partial charge in [0.05, 0.1) is 22.5 Å². The van der Waals surface area contributed by atoms with E-state index in [0.29, 0.717) is 22.1 Å². The highest BCUT2D eigenvalue weighted by Gasteiger charge is 2.14. The highest BCUT2D eigenvalue weighted by Crippen LogP contribution is 2.31. The second-order valence-electron chi connectivity index (χ2n) is 6.24. The first-order valence-corrected chi connectivity index (χ1v) is 8.95. The molecule has 4 nitrogen and oxygen atoms in total. The van der Waals surface area contributed by atoms with Crippen molar-refractivity contribution < 1.29 is 4.39 Å². The third-order valence-corrected chi connectivity index (χ3v) is 5.02. The van der Waals surface area contributed by atoms with Crippen molar-refractivity contribution in [1.29, 1.82) is 0 Å². The zero-order valence-corrected chi connectivity index (χ0v) is 15.8. The van der Waals surface area contributed by atoms with Crippen LogP contribution in [0.5, 0.6) is 0 Å². The van der Waals surface area contributed by atoms with Gasteiger partial charge in [-0.05, 0) is 41.5 Å². The predicted octanol–water partition coefficient (Wildman–Crippen LogP) is 4.90. The molecule has 27 heavy (non-hydrogen) atoms. The van der Waals surface area contributed by atoms with Crippen molar-refractivity contribution >= 4 is 34.1 Å². The summed E-state index contributed by atoms with van der Waals surface area (Å²) in [6, 6.07) is 13.5. The summed E-state index contributed by atoms with van der Waals surface area (Å²) in [6.07, 6.45) is 1.49. The van der Waals surface area contributed by atoms with Crippen LogP contribution in [-0.2, 0) is 13.6 Å². The fourth-order valence-corrected chi connectivity index (χ4v) is 3.54. The van der Waals surface area contributed by atoms with E-state index in [1.165, 1.54) is 23.0 Å². The van der Waals surface area contributed by atoms with E-state index < -0.39 is 0 Å². The highest BCUT2D eigenvalue weighted by atomic mass is 35.5. The molecular weight excluding hydrogens is 388 g/mol. The minimum absolute atomic E-state index is 0.119. The van der Waals surface area contributed by atoms with Gasteiger partial charge >= 0.3 is 0 Å². The van der Waals surface area contributed by atoms with Crippen LogP contribution in [0, 0.1) is 5.82 Å². The monoisotopic (exact) mass is 401 g/mol. The van der Waals surface area contributed by atoms with E-state index in [1.807, 2.05) is 22.9 Å². The minimum Gasteiger partial charge on any atom is -0.278 e. The van der Waals surface area contributed by atoms with Crippen molar-refractivity contribution in [1.82, 2.24) is 14.3 Å². The van der Waals surface area contributed by atoms with E-state index in [4.69, 9.17) is 23.2 Å². The van der Waals surface area contributed by atoms with Crippen LogP contribution in [0.3, 0.4) is 0 Å². The molecule has 0 bridgehead atoms. The summed E-state index contributed by atoms with van der Waals surface area (Å²) < 4.78 is 16.9. The van der Waals surface area contributed by atoms with E-state index >= 15 is 0 Å². The highest BCUT2D eigenvalue weighted by molar-refractivity contribution is 6.34. The number of halogens is 3. The largest absolute Gasteiger partial charge is 0.278 e. The smallest absolute Gasteiger partial charge is 0.274 e. The van der Waals surface area contributed by atoms with Crippen LogP contribution in [0.25, 0.3) is 22.0 Å². The summed E-state index contributed by atoms with van der Waals surface area (Å²) >= 11 is 12.3. The van der Waals surface area contributed by atoms with Gasteiger partial charge in [0.15, 0.2) is 0 Å². The SMILES string of the molecule is Cn1c(=O)c2ccc(-c3cc(Cl)ncc3Cl)cc2n1Cc1cccc(F)c1. The van der Waals surface area contributed by atoms with Gasteiger partial charge in [-0.3, -0.25) is 14.2 Å². The van der Waals surface area contributed by atoms with Gasteiger partial charge in [-0.25, -0.2) is 9.37 Å². The molecule has 0 radical (unpaired) electrons. The lowest BCUT2D eigenvalue weighted by molar-refractivity contribution is 0.550. The van der Waals surface area contributed by atoms with Gasteiger partial charge in [0.1, 0.15) is 11.0 Å². The summed E-state index contributed by atoms with van der Waals surface area (Å²) in [5.74, 6) is -0.312. The Kier molecular flexibility index (Phi) is 4.50. The molecule has 136 valence electrons. The Hall–Kier alpha value is -2.63. The topological polar surface area (TPSA) is 39.8 Å². The molecular formula is C20H14Cl2FN3O. The van der Waals surface area contributed by atoms with Crippen LogP contribution >= 0.6 is 23.2 Å². The number of fused-ring (bicyclic) bond motifs is 1. The van der Waals surface area contributed by atoms with Crippen molar-refractivity contribution in [2.75, 3.05) is 0 Å². The fraction of sp³-hybridized carbons (Fsp3) is 0.100. The summed E-state index contributed by atoms with van der Waals surface area (Å²) in [5, 5.41) is 1.38. The van der Waals surface area contributed by atoms with E-state index in [2.05, 4.69) is 4.98 Å². The Bertz CT molecular complexity index is 1230. The third kappa shape index (κ3) is 3.24. The normalized spacial score (nSPS) is 11.3. The quantitative estimate of drug-likeness (QED) is 0.458. The number of rotatable bonds is 3. The van der Waals surface area contributed by atoms with Crippen molar-refractivity contribution in [3.05, 3.63) is 86.6 Å². The standard InChI is InChI=1S/C20H14Cl2FN3O/c1-25-20(27)15-6-5-13(16-9-19(22)24-10-17(16)21)8-18(15)26(25)11-12-3-2-4-14(23)7-12/h2-10H,11H2,1H3. The Morgan fingerprint density at radius 2 is 1.93 bits per heavy atom. The van der Waals surface area contributed by atoms with Crippen molar-refractivity contribution in [3.63, 3.8) is 0 Å². The maximum Gasteiger partial charge on any atom is 0.274 e. The molecule has 0 spiro atoms. The first-order valence-electron chi connectivity index (χ1n) is 8.19. The molecule has 0 aliphatic rings. The number of benzene rings is 2. The Morgan fingerprint density at radius 1 is 1.11 bits per heavy atom. The molecule has 0 unspecified atom stereocenters. The van der Waals surface area contributed by atoms with Crippen molar-refractivity contribution in [2.24, 2.45) is 7.05 Å². The van der Waals surface area contributed by atoms with E-state index in [0.717, 1.165) is 22.2 Å². The maximum absolute atomic E-state index is 13.5. The number of hydrogen-bond donors (Lipinski definition) is 0. The second-order valence-corrected chi connectivity index (χ2v) is 7.03. The fourth-order valence-electron chi connectivity index (χ4n) is 3.17. The van der Waals surface area contributed by atoms with Crippen LogP contribution in [0.4, 0.5) is 4.39 Å². The summed E-state index contributed by atoms with van der Waals surface area (Å²) in [5.41, 5.74) is 2.92. The summed E-state index contributed by atoms with van der Waals surface area (Å²) in [4.78, 5) is 16.6. The molecule has 0 saturated heterocycles. The van der Waals surface area contributed by atoms with Crippen molar-refractivity contribution in [2.45, 2.75) is 6.54 Å². The predicted molar refractivity (Wildman–Crippen MR) is 106 cm³/mol. The molecule has 0 atom stereocenters. The molecule has 0 saturated carbocycles. The van der Waals surface area contributed by atoms with Gasteiger partial charge in [0.25, 0.3) is 5.56 Å². The molecule has 4 aromatic rings. The van der Waals surface area contributed by atoms with Gasteiger partial charge in [-0.2, -0.15) is 0 Å². The second kappa shape index (κ2) is 6.83. The van der Waals surface area contributed by atoms with Crippen LogP contribution in [0.15, 0.2) is 59.5 Å². The lowest BCUT2D eigenvalue weighted by Gasteiger charge is -2.11. The molecule has 2 aromatic carbocycles. The number of hydrogen-bond acceptors (Lipinski definition) is 2. The lowest BCUT2D eigenvalue weighted by atomic mass is 10.1. The Labute approximate surface area is 164 Å². The minimum atomic E-state index is -0.312. The molecule has 0 fully saturated rings. The summed E-state index contributed by atoms with van der Waals surface area (Å²) in [7, 11) is 1.69. The van der Waals surface area contributed by atoms with E-state index in [9.17, 15) is 9.18 Å². The van der Waals surface area contributed by atoms with Crippen LogP contribution in [0.1, 0.15) is 5.56 Å². The Balaban J connectivity index is 1.90. The first-order chi connectivity index (χ1) is 12.9. The Morgan fingerprint density at radius 3 is 2.70 bits per heavy atom. The van der Waals surface area contributed by atoms with Gasteiger partial charge in [-0.1, -0.05) is 41.4 Å². The number of pyridine rings is 1. The van der Waals surface area contributed by atoms with E-state index in [1.54, 1.807) is 25.2 Å². The number of aromatic nitrogens is 3. The average Bonchev–Trinajstić information content (AvgIpc) is 2.88. The van der Waals surface area contributed by atoms with Gasteiger partial charge < -0.3 is 0 Å². The molecule has 2 heterocycles. The molecule has 7 heteroatoms. The summed E-state index contributed by atoms with van der Waals surface area (Å²) in [6.45, 7) is 0.362. The maximum atomic E-state index is 13.5. The van der Waals surface area contributed by atoms with Gasteiger partial charge in [-0.15, -0.1) is 0 Å². The van der Waals surface area contributed by atoms with Crippen molar-refractivity contribution in [3.8, 4) is 11.1 Å². The molecule has 2 aromatic heterocycles. The molecule has 0 N–H and O–H groups in total. The lowest BCUT2D eigenvalue weighted by Crippen LogP contribution is -2.19. The number of nitrogens with zero attached hydrogens (tertiary/aromatic N) is 3. The van der Waals surface area contributed by atoms with E-state index in [-0.39, 0.29) is 11.4 Å². The first kappa shape index (κ1) is 17.8. The van der Waals surface area contributed by atoms with Crippen LogP contribution in [-0.4, -0.2) is 14.3 Å². The third-order valence-electron chi connectivity index (χ3n) is 4.52. The van der Waals surface area contributed by atoms with Gasteiger partial charge in [0.2, 0.25) is 0 Å². The molecule has 0 amide bonds. The molecule has 0 aliphatic carbocycles. The zero-order valence-electron chi connectivity index (χ0n) is 14.3. The average molecular weight is 402 g/mol. The zero-order chi connectivity index (χ0) is 19.1. The van der Waals surface area contributed by atoms with Crippen LogP contribution in [0.2, 0.25) is 10.2 Å². The molecule has 4 rings (SSSR count).